The molecule has 0 bridgehead atoms. The van der Waals surface area contributed by atoms with Gasteiger partial charge in [-0.3, -0.25) is 0 Å². The normalized spacial score (nSPS) is 26.9. The van der Waals surface area contributed by atoms with Crippen LogP contribution in [0.4, 0.5) is 0 Å². The summed E-state index contributed by atoms with van der Waals surface area (Å²) in [5, 5.41) is 0. The van der Waals surface area contributed by atoms with E-state index in [9.17, 15) is 4.79 Å². The van der Waals surface area contributed by atoms with E-state index in [1.165, 1.54) is 5.56 Å². The fraction of sp³-hybridized carbons (Fsp3) is 0.562. The zero-order valence-electron chi connectivity index (χ0n) is 11.4. The molecular weight excluding hydrogens is 224 g/mol. The zero-order valence-corrected chi connectivity index (χ0v) is 11.4. The fourth-order valence-electron chi connectivity index (χ4n) is 2.63. The average Bonchev–Trinajstić information content (AvgIpc) is 2.98. The van der Waals surface area contributed by atoms with Crippen molar-refractivity contribution in [3.05, 3.63) is 35.9 Å². The van der Waals surface area contributed by atoms with Gasteiger partial charge in [0, 0.05) is 12.3 Å². The molecule has 98 valence electrons. The van der Waals surface area contributed by atoms with E-state index in [0.29, 0.717) is 18.3 Å². The van der Waals surface area contributed by atoms with E-state index >= 15 is 0 Å². The van der Waals surface area contributed by atoms with Crippen LogP contribution in [0, 0.1) is 5.92 Å². The Labute approximate surface area is 109 Å². The summed E-state index contributed by atoms with van der Waals surface area (Å²) in [5.41, 5.74) is 1.22. The molecule has 2 heteroatoms. The van der Waals surface area contributed by atoms with Crippen LogP contribution in [0.25, 0.3) is 0 Å². The first-order valence-corrected chi connectivity index (χ1v) is 6.69. The largest absolute Gasteiger partial charge is 0.372 e. The van der Waals surface area contributed by atoms with Crippen molar-refractivity contribution < 1.29 is 9.53 Å². The molecule has 0 saturated heterocycles. The minimum atomic E-state index is -0.117. The highest BCUT2D eigenvalue weighted by molar-refractivity contribution is 5.49. The van der Waals surface area contributed by atoms with Crippen LogP contribution in [-0.4, -0.2) is 18.0 Å². The molecule has 1 aromatic carbocycles. The van der Waals surface area contributed by atoms with E-state index in [4.69, 9.17) is 4.74 Å². The minimum Gasteiger partial charge on any atom is -0.372 e. The molecule has 0 aromatic heterocycles. The van der Waals surface area contributed by atoms with E-state index in [1.54, 1.807) is 0 Å². The highest BCUT2D eigenvalue weighted by atomic mass is 16.5. The summed E-state index contributed by atoms with van der Waals surface area (Å²) in [6.07, 6.45) is 2.85. The van der Waals surface area contributed by atoms with Crippen molar-refractivity contribution in [3.8, 4) is 0 Å². The molecule has 1 aromatic rings. The number of ether oxygens (including phenoxy) is 1. The van der Waals surface area contributed by atoms with Crippen LogP contribution in [0.15, 0.2) is 30.3 Å². The summed E-state index contributed by atoms with van der Waals surface area (Å²) in [5.74, 6) is 0.960. The van der Waals surface area contributed by atoms with Crippen LogP contribution in [0.1, 0.15) is 45.1 Å². The standard InChI is InChI=1S/C16H22O2/c1-16(2,3)18-15-13(10-7-11-17)14(15)12-8-5-4-6-9-12/h4-6,8-9,11,13-15H,7,10H2,1-3H3/t13-,14-,15+/m0/s1. The summed E-state index contributed by atoms with van der Waals surface area (Å²) >= 11 is 0. The second-order valence-electron chi connectivity index (χ2n) is 6.04. The Balaban J connectivity index is 2.05. The van der Waals surface area contributed by atoms with E-state index < -0.39 is 0 Å². The minimum absolute atomic E-state index is 0.117. The van der Waals surface area contributed by atoms with Gasteiger partial charge in [-0.25, -0.2) is 0 Å². The molecule has 0 unspecified atom stereocenters. The lowest BCUT2D eigenvalue weighted by molar-refractivity contribution is -0.108. The Morgan fingerprint density at radius 3 is 2.44 bits per heavy atom. The third-order valence-corrected chi connectivity index (χ3v) is 3.39. The van der Waals surface area contributed by atoms with Gasteiger partial charge in [-0.15, -0.1) is 0 Å². The first-order valence-electron chi connectivity index (χ1n) is 6.69. The monoisotopic (exact) mass is 246 g/mol. The fourth-order valence-corrected chi connectivity index (χ4v) is 2.63. The summed E-state index contributed by atoms with van der Waals surface area (Å²) in [6, 6.07) is 10.5. The first-order chi connectivity index (χ1) is 8.53. The third kappa shape index (κ3) is 3.20. The molecule has 0 aliphatic heterocycles. The summed E-state index contributed by atoms with van der Waals surface area (Å²) in [6.45, 7) is 6.26. The van der Waals surface area contributed by atoms with Gasteiger partial charge in [-0.1, -0.05) is 30.3 Å². The quantitative estimate of drug-likeness (QED) is 0.742. The van der Waals surface area contributed by atoms with Crippen molar-refractivity contribution in [3.63, 3.8) is 0 Å². The predicted molar refractivity (Wildman–Crippen MR) is 72.6 cm³/mol. The van der Waals surface area contributed by atoms with Crippen LogP contribution in [0.2, 0.25) is 0 Å². The first kappa shape index (κ1) is 13.3. The highest BCUT2D eigenvalue weighted by Crippen LogP contribution is 2.53. The summed E-state index contributed by atoms with van der Waals surface area (Å²) in [7, 11) is 0. The Morgan fingerprint density at radius 1 is 1.22 bits per heavy atom. The van der Waals surface area contributed by atoms with Crippen molar-refractivity contribution in [1.82, 2.24) is 0 Å². The molecule has 0 heterocycles. The number of carbonyl (C=O) groups excluding carboxylic acids is 1. The van der Waals surface area contributed by atoms with Gasteiger partial charge in [0.25, 0.3) is 0 Å². The number of carbonyl (C=O) groups is 1. The summed E-state index contributed by atoms with van der Waals surface area (Å²) < 4.78 is 6.11. The second kappa shape index (κ2) is 5.23. The van der Waals surface area contributed by atoms with Gasteiger partial charge >= 0.3 is 0 Å². The van der Waals surface area contributed by atoms with E-state index in [2.05, 4.69) is 45.0 Å². The Hall–Kier alpha value is -1.15. The lowest BCUT2D eigenvalue weighted by Crippen LogP contribution is -2.21. The molecule has 3 atom stereocenters. The third-order valence-electron chi connectivity index (χ3n) is 3.39. The number of hydrogen-bond acceptors (Lipinski definition) is 2. The molecule has 18 heavy (non-hydrogen) atoms. The Kier molecular flexibility index (Phi) is 3.86. The predicted octanol–water partition coefficient (Wildman–Crippen LogP) is 3.56. The average molecular weight is 246 g/mol. The molecule has 1 aliphatic carbocycles. The van der Waals surface area contributed by atoms with Gasteiger partial charge in [-0.05, 0) is 38.7 Å². The van der Waals surface area contributed by atoms with Gasteiger partial charge in [0.15, 0.2) is 0 Å². The van der Waals surface area contributed by atoms with Gasteiger partial charge < -0.3 is 9.53 Å². The molecule has 0 N–H and O–H groups in total. The number of benzene rings is 1. The maximum absolute atomic E-state index is 10.5. The molecule has 0 radical (unpaired) electrons. The second-order valence-corrected chi connectivity index (χ2v) is 6.04. The number of aldehydes is 1. The van der Waals surface area contributed by atoms with Crippen molar-refractivity contribution >= 4 is 6.29 Å². The molecule has 0 spiro atoms. The lowest BCUT2D eigenvalue weighted by Gasteiger charge is -2.20. The summed E-state index contributed by atoms with van der Waals surface area (Å²) in [4.78, 5) is 10.5. The van der Waals surface area contributed by atoms with Gasteiger partial charge in [0.2, 0.25) is 0 Å². The molecule has 2 rings (SSSR count). The molecule has 1 saturated carbocycles. The van der Waals surface area contributed by atoms with E-state index in [1.807, 2.05) is 6.07 Å². The van der Waals surface area contributed by atoms with Crippen LogP contribution in [0.5, 0.6) is 0 Å². The molecule has 0 amide bonds. The van der Waals surface area contributed by atoms with Crippen LogP contribution in [-0.2, 0) is 9.53 Å². The van der Waals surface area contributed by atoms with Crippen LogP contribution in [0.3, 0.4) is 0 Å². The lowest BCUT2D eigenvalue weighted by atomic mass is 10.1. The Bertz CT molecular complexity index is 391. The molecule has 1 fully saturated rings. The van der Waals surface area contributed by atoms with Crippen molar-refractivity contribution in [2.24, 2.45) is 5.92 Å². The smallest absolute Gasteiger partial charge is 0.120 e. The van der Waals surface area contributed by atoms with Crippen LogP contribution < -0.4 is 0 Å². The van der Waals surface area contributed by atoms with Gasteiger partial charge in [-0.2, -0.15) is 0 Å². The highest BCUT2D eigenvalue weighted by Gasteiger charge is 2.52. The zero-order chi connectivity index (χ0) is 13.2. The molecule has 1 aliphatic rings. The topological polar surface area (TPSA) is 26.3 Å². The maximum Gasteiger partial charge on any atom is 0.120 e. The number of hydrogen-bond donors (Lipinski definition) is 0. The van der Waals surface area contributed by atoms with Crippen LogP contribution >= 0.6 is 0 Å². The van der Waals surface area contributed by atoms with E-state index in [-0.39, 0.29) is 11.7 Å². The SMILES string of the molecule is CC(C)(C)O[C@@H]1[C@@H](CCC=O)[C@@H]1c1ccccc1. The van der Waals surface area contributed by atoms with Crippen molar-refractivity contribution in [1.29, 1.82) is 0 Å². The number of rotatable bonds is 5. The van der Waals surface area contributed by atoms with Crippen molar-refractivity contribution in [2.45, 2.75) is 51.2 Å². The molecule has 2 nitrogen and oxygen atoms in total. The maximum atomic E-state index is 10.5. The van der Waals surface area contributed by atoms with E-state index in [0.717, 1.165) is 12.7 Å². The van der Waals surface area contributed by atoms with Crippen molar-refractivity contribution in [2.75, 3.05) is 0 Å². The van der Waals surface area contributed by atoms with Gasteiger partial charge in [0.1, 0.15) is 6.29 Å². The Morgan fingerprint density at radius 2 is 1.89 bits per heavy atom. The van der Waals surface area contributed by atoms with Gasteiger partial charge in [0.05, 0.1) is 11.7 Å². The molecular formula is C16H22O2.